The molecule has 8 heteroatoms. The summed E-state index contributed by atoms with van der Waals surface area (Å²) in [6, 6.07) is 3.65. The van der Waals surface area contributed by atoms with Gasteiger partial charge in [0.15, 0.2) is 11.5 Å². The van der Waals surface area contributed by atoms with Gasteiger partial charge in [-0.15, -0.1) is 13.2 Å². The van der Waals surface area contributed by atoms with Crippen LogP contribution in [0.4, 0.5) is 13.2 Å². The third kappa shape index (κ3) is 4.71. The van der Waals surface area contributed by atoms with Crippen molar-refractivity contribution in [3.63, 3.8) is 0 Å². The van der Waals surface area contributed by atoms with Crippen LogP contribution in [0.5, 0.6) is 11.5 Å². The summed E-state index contributed by atoms with van der Waals surface area (Å²) in [5.74, 6) is -1.68. The number of benzene rings is 1. The van der Waals surface area contributed by atoms with Gasteiger partial charge in [0, 0.05) is 0 Å². The molecule has 1 atom stereocenters. The van der Waals surface area contributed by atoms with Crippen LogP contribution in [0.25, 0.3) is 0 Å². The minimum Gasteiger partial charge on any atom is -0.504 e. The Morgan fingerprint density at radius 1 is 1.32 bits per heavy atom. The normalized spacial score (nSPS) is 19.3. The van der Waals surface area contributed by atoms with Gasteiger partial charge in [0.1, 0.15) is 9.02 Å². The van der Waals surface area contributed by atoms with Crippen molar-refractivity contribution in [2.24, 2.45) is 0 Å². The molecule has 1 saturated carbocycles. The summed E-state index contributed by atoms with van der Waals surface area (Å²) in [5, 5.41) is 9.90. The van der Waals surface area contributed by atoms with E-state index in [1.165, 1.54) is 12.1 Å². The monoisotopic (exact) mass is 472 g/mol. The second-order valence-electron chi connectivity index (χ2n) is 6.37. The lowest BCUT2D eigenvalue weighted by atomic mass is 9.91. The number of carbonyl (C=O) groups is 1. The highest BCUT2D eigenvalue weighted by molar-refractivity contribution is 14.1. The number of hydrogen-bond acceptors (Lipinski definition) is 4. The van der Waals surface area contributed by atoms with Gasteiger partial charge in [-0.1, -0.05) is 35.6 Å². The number of phenols is 1. The van der Waals surface area contributed by atoms with Crippen LogP contribution in [-0.2, 0) is 15.1 Å². The topological polar surface area (TPSA) is 55.8 Å². The molecule has 0 aliphatic heterocycles. The number of carbonyl (C=O) groups excluding carboxylic acids is 1. The molecule has 0 aromatic heterocycles. The molecule has 4 nitrogen and oxygen atoms in total. The Morgan fingerprint density at radius 3 is 2.40 bits per heavy atom. The van der Waals surface area contributed by atoms with Crippen molar-refractivity contribution >= 4 is 28.6 Å². The van der Waals surface area contributed by atoms with Crippen LogP contribution in [0.2, 0.25) is 0 Å². The summed E-state index contributed by atoms with van der Waals surface area (Å²) in [4.78, 5) is 12.5. The minimum absolute atomic E-state index is 0.368. The van der Waals surface area contributed by atoms with E-state index in [0.717, 1.165) is 18.9 Å². The Balaban J connectivity index is 2.31. The molecule has 1 fully saturated rings. The van der Waals surface area contributed by atoms with Crippen molar-refractivity contribution in [2.45, 2.75) is 61.3 Å². The summed E-state index contributed by atoms with van der Waals surface area (Å²) < 4.78 is 45.9. The van der Waals surface area contributed by atoms with Crippen LogP contribution in [0.3, 0.4) is 0 Å². The van der Waals surface area contributed by atoms with E-state index >= 15 is 0 Å². The smallest absolute Gasteiger partial charge is 0.504 e. The summed E-state index contributed by atoms with van der Waals surface area (Å²) in [6.45, 7) is 3.65. The minimum atomic E-state index is -4.89. The maximum absolute atomic E-state index is 12.5. The molecule has 0 radical (unpaired) electrons. The number of alkyl halides is 4. The number of phenolic OH excluding ortho intramolecular Hbond substituents is 1. The predicted octanol–water partition coefficient (Wildman–Crippen LogP) is 5.21. The second kappa shape index (κ2) is 7.20. The fourth-order valence-electron chi connectivity index (χ4n) is 2.84. The molecule has 1 aliphatic carbocycles. The Hall–Kier alpha value is -1.19. The zero-order chi connectivity index (χ0) is 18.9. The first-order valence-corrected chi connectivity index (χ1v) is 9.08. The van der Waals surface area contributed by atoms with Gasteiger partial charge in [0.25, 0.3) is 0 Å². The zero-order valence-corrected chi connectivity index (χ0v) is 16.1. The van der Waals surface area contributed by atoms with E-state index < -0.39 is 26.9 Å². The van der Waals surface area contributed by atoms with Crippen molar-refractivity contribution in [1.82, 2.24) is 0 Å². The Morgan fingerprint density at radius 2 is 1.92 bits per heavy atom. The number of ether oxygens (including phenoxy) is 2. The standard InChI is InChI=1S/C17H20F3IO4/c1-3-15(2,21)14(23)25-16(8-4-5-9-16)11-6-7-13(12(22)10-11)24-17(18,19)20/h6-7,10,22H,3-5,8-9H2,1-2H3. The molecule has 0 bridgehead atoms. The molecule has 0 saturated heterocycles. The third-order valence-electron chi connectivity index (χ3n) is 4.50. The molecule has 1 N–H and O–H groups in total. The molecule has 1 aromatic carbocycles. The van der Waals surface area contributed by atoms with Crippen LogP contribution in [0.15, 0.2) is 18.2 Å². The van der Waals surface area contributed by atoms with Crippen molar-refractivity contribution in [3.8, 4) is 11.5 Å². The number of aromatic hydroxyl groups is 1. The SMILES string of the molecule is CCC(C)(I)C(=O)OC1(c2ccc(OC(F)(F)F)c(O)c2)CCCC1. The molecule has 1 aromatic rings. The summed E-state index contributed by atoms with van der Waals surface area (Å²) in [7, 11) is 0. The molecular weight excluding hydrogens is 452 g/mol. The van der Waals surface area contributed by atoms with Crippen LogP contribution >= 0.6 is 22.6 Å². The summed E-state index contributed by atoms with van der Waals surface area (Å²) >= 11 is 2.04. The molecule has 2 rings (SSSR count). The number of rotatable bonds is 5. The maximum atomic E-state index is 12.5. The van der Waals surface area contributed by atoms with Crippen LogP contribution in [0.1, 0.15) is 51.5 Å². The Kier molecular flexibility index (Phi) is 5.80. The molecular formula is C17H20F3IO4. The van der Waals surface area contributed by atoms with E-state index in [1.54, 1.807) is 6.92 Å². The first-order valence-electron chi connectivity index (χ1n) is 8.01. The molecule has 0 amide bonds. The molecule has 140 valence electrons. The molecule has 25 heavy (non-hydrogen) atoms. The van der Waals surface area contributed by atoms with Crippen molar-refractivity contribution in [2.75, 3.05) is 0 Å². The number of hydrogen-bond donors (Lipinski definition) is 1. The molecule has 0 heterocycles. The Bertz CT molecular complexity index is 637. The lowest BCUT2D eigenvalue weighted by Crippen LogP contribution is -2.38. The highest BCUT2D eigenvalue weighted by Gasteiger charge is 2.43. The van der Waals surface area contributed by atoms with Crippen LogP contribution in [-0.4, -0.2) is 20.9 Å². The van der Waals surface area contributed by atoms with E-state index in [2.05, 4.69) is 4.74 Å². The van der Waals surface area contributed by atoms with Gasteiger partial charge in [-0.05, 0) is 56.7 Å². The second-order valence-corrected chi connectivity index (χ2v) is 8.75. The lowest BCUT2D eigenvalue weighted by Gasteiger charge is -2.33. The van der Waals surface area contributed by atoms with Gasteiger partial charge < -0.3 is 14.6 Å². The average Bonchev–Trinajstić information content (AvgIpc) is 2.97. The zero-order valence-electron chi connectivity index (χ0n) is 14.0. The fraction of sp³-hybridized carbons (Fsp3) is 0.588. The van der Waals surface area contributed by atoms with Gasteiger partial charge >= 0.3 is 12.3 Å². The lowest BCUT2D eigenvalue weighted by molar-refractivity contribution is -0.275. The number of halogens is 4. The summed E-state index contributed by atoms with van der Waals surface area (Å²) in [6.07, 6.45) is -1.51. The van der Waals surface area contributed by atoms with Crippen molar-refractivity contribution in [3.05, 3.63) is 23.8 Å². The van der Waals surface area contributed by atoms with Gasteiger partial charge in [-0.3, -0.25) is 4.79 Å². The maximum Gasteiger partial charge on any atom is 0.573 e. The summed E-state index contributed by atoms with van der Waals surface area (Å²) in [5.41, 5.74) is -0.443. The molecule has 1 unspecified atom stereocenters. The average molecular weight is 472 g/mol. The van der Waals surface area contributed by atoms with Crippen LogP contribution < -0.4 is 4.74 Å². The first kappa shape index (κ1) is 20.1. The van der Waals surface area contributed by atoms with E-state index in [0.29, 0.717) is 24.8 Å². The first-order chi connectivity index (χ1) is 11.5. The third-order valence-corrected chi connectivity index (χ3v) is 5.70. The van der Waals surface area contributed by atoms with E-state index in [9.17, 15) is 23.1 Å². The van der Waals surface area contributed by atoms with E-state index in [4.69, 9.17) is 4.74 Å². The number of esters is 1. The van der Waals surface area contributed by atoms with E-state index in [1.807, 2.05) is 29.5 Å². The van der Waals surface area contributed by atoms with E-state index in [-0.39, 0.29) is 5.97 Å². The van der Waals surface area contributed by atoms with Gasteiger partial charge in [0.2, 0.25) is 0 Å². The van der Waals surface area contributed by atoms with Gasteiger partial charge in [-0.25, -0.2) is 0 Å². The molecule has 1 aliphatic rings. The largest absolute Gasteiger partial charge is 0.573 e. The van der Waals surface area contributed by atoms with Crippen LogP contribution in [0, 0.1) is 0 Å². The fourth-order valence-corrected chi connectivity index (χ4v) is 2.95. The molecule has 0 spiro atoms. The van der Waals surface area contributed by atoms with Gasteiger partial charge in [0.05, 0.1) is 0 Å². The van der Waals surface area contributed by atoms with Gasteiger partial charge in [-0.2, -0.15) is 0 Å². The highest BCUT2D eigenvalue weighted by Crippen LogP contribution is 2.46. The highest BCUT2D eigenvalue weighted by atomic mass is 127. The van der Waals surface area contributed by atoms with Crippen molar-refractivity contribution in [1.29, 1.82) is 0 Å². The Labute approximate surface area is 157 Å². The van der Waals surface area contributed by atoms with Crippen molar-refractivity contribution < 1.29 is 32.5 Å². The quantitative estimate of drug-likeness (QED) is 0.364. The predicted molar refractivity (Wildman–Crippen MR) is 93.7 cm³/mol.